The SMILES string of the molecule is Cc1cccc2sc(NC(=O)CC3CCN(C(=O)OC(C)(C)C)CC3)nc12. The summed E-state index contributed by atoms with van der Waals surface area (Å²) in [4.78, 5) is 30.8. The molecule has 146 valence electrons. The van der Waals surface area contributed by atoms with Crippen molar-refractivity contribution in [3.63, 3.8) is 0 Å². The van der Waals surface area contributed by atoms with E-state index in [1.807, 2.05) is 45.9 Å². The molecule has 2 amide bonds. The summed E-state index contributed by atoms with van der Waals surface area (Å²) >= 11 is 1.50. The first-order chi connectivity index (χ1) is 12.7. The van der Waals surface area contributed by atoms with E-state index in [1.54, 1.807) is 4.90 Å². The van der Waals surface area contributed by atoms with Crippen molar-refractivity contribution in [3.05, 3.63) is 23.8 Å². The van der Waals surface area contributed by atoms with E-state index in [-0.39, 0.29) is 17.9 Å². The lowest BCUT2D eigenvalue weighted by molar-refractivity contribution is -0.117. The lowest BCUT2D eigenvalue weighted by Gasteiger charge is -2.33. The maximum Gasteiger partial charge on any atom is 0.410 e. The monoisotopic (exact) mass is 389 g/mol. The van der Waals surface area contributed by atoms with Gasteiger partial charge in [0.15, 0.2) is 5.13 Å². The van der Waals surface area contributed by atoms with Crippen molar-refractivity contribution in [2.24, 2.45) is 5.92 Å². The van der Waals surface area contributed by atoms with E-state index >= 15 is 0 Å². The Kier molecular flexibility index (Phi) is 5.69. The Hall–Kier alpha value is -2.15. The van der Waals surface area contributed by atoms with Crippen molar-refractivity contribution in [1.82, 2.24) is 9.88 Å². The predicted molar refractivity (Wildman–Crippen MR) is 108 cm³/mol. The molecular formula is C20H27N3O3S. The zero-order valence-electron chi connectivity index (χ0n) is 16.4. The average Bonchev–Trinajstić information content (AvgIpc) is 2.97. The Bertz CT molecular complexity index is 833. The van der Waals surface area contributed by atoms with Crippen molar-refractivity contribution in [1.29, 1.82) is 0 Å². The first-order valence-corrected chi connectivity index (χ1v) is 10.2. The second kappa shape index (κ2) is 7.84. The minimum Gasteiger partial charge on any atom is -0.444 e. The molecular weight excluding hydrogens is 362 g/mol. The number of benzene rings is 1. The van der Waals surface area contributed by atoms with Gasteiger partial charge < -0.3 is 15.0 Å². The van der Waals surface area contributed by atoms with Gasteiger partial charge in [0, 0.05) is 19.5 Å². The zero-order chi connectivity index (χ0) is 19.6. The van der Waals surface area contributed by atoms with E-state index in [0.29, 0.717) is 24.6 Å². The van der Waals surface area contributed by atoms with Gasteiger partial charge in [-0.15, -0.1) is 0 Å². The van der Waals surface area contributed by atoms with Gasteiger partial charge in [0.05, 0.1) is 10.2 Å². The van der Waals surface area contributed by atoms with Gasteiger partial charge in [-0.05, 0) is 58.1 Å². The minimum atomic E-state index is -0.483. The molecule has 0 radical (unpaired) electrons. The normalized spacial score (nSPS) is 15.8. The Morgan fingerprint density at radius 2 is 2.00 bits per heavy atom. The first kappa shape index (κ1) is 19.6. The quantitative estimate of drug-likeness (QED) is 0.834. The third kappa shape index (κ3) is 5.19. The van der Waals surface area contributed by atoms with Crippen LogP contribution in [0.4, 0.5) is 9.93 Å². The molecule has 1 aromatic heterocycles. The van der Waals surface area contributed by atoms with Gasteiger partial charge in [-0.25, -0.2) is 9.78 Å². The number of rotatable bonds is 3. The molecule has 6 nitrogen and oxygen atoms in total. The van der Waals surface area contributed by atoms with Crippen molar-refractivity contribution in [2.45, 2.75) is 52.6 Å². The highest BCUT2D eigenvalue weighted by Crippen LogP contribution is 2.29. The van der Waals surface area contributed by atoms with Crippen LogP contribution in [0.15, 0.2) is 18.2 Å². The lowest BCUT2D eigenvalue weighted by atomic mass is 9.93. The summed E-state index contributed by atoms with van der Waals surface area (Å²) in [6, 6.07) is 6.04. The number of carbonyl (C=O) groups excluding carboxylic acids is 2. The van der Waals surface area contributed by atoms with E-state index in [2.05, 4.69) is 10.3 Å². The molecule has 27 heavy (non-hydrogen) atoms. The number of likely N-dealkylation sites (tertiary alicyclic amines) is 1. The number of para-hydroxylation sites is 1. The third-order valence-corrected chi connectivity index (χ3v) is 5.54. The van der Waals surface area contributed by atoms with E-state index < -0.39 is 5.60 Å². The highest BCUT2D eigenvalue weighted by Gasteiger charge is 2.28. The number of thiazole rings is 1. The van der Waals surface area contributed by atoms with Crippen molar-refractivity contribution < 1.29 is 14.3 Å². The van der Waals surface area contributed by atoms with Crippen LogP contribution in [0.25, 0.3) is 10.2 Å². The predicted octanol–water partition coefficient (Wildman–Crippen LogP) is 4.58. The number of amides is 2. The number of aromatic nitrogens is 1. The second-order valence-electron chi connectivity index (χ2n) is 8.10. The fourth-order valence-electron chi connectivity index (χ4n) is 3.22. The van der Waals surface area contributed by atoms with E-state index in [0.717, 1.165) is 28.6 Å². The van der Waals surface area contributed by atoms with Crippen LogP contribution in [0.2, 0.25) is 0 Å². The highest BCUT2D eigenvalue weighted by atomic mass is 32.1. The van der Waals surface area contributed by atoms with Gasteiger partial charge in [0.1, 0.15) is 5.60 Å². The largest absolute Gasteiger partial charge is 0.444 e. The van der Waals surface area contributed by atoms with Crippen LogP contribution >= 0.6 is 11.3 Å². The van der Waals surface area contributed by atoms with Gasteiger partial charge in [0.2, 0.25) is 5.91 Å². The Morgan fingerprint density at radius 1 is 1.30 bits per heavy atom. The molecule has 1 aliphatic rings. The van der Waals surface area contributed by atoms with Crippen LogP contribution in [0.3, 0.4) is 0 Å². The smallest absolute Gasteiger partial charge is 0.410 e. The fraction of sp³-hybridized carbons (Fsp3) is 0.550. The number of carbonyl (C=O) groups is 2. The van der Waals surface area contributed by atoms with Crippen LogP contribution in [0.5, 0.6) is 0 Å². The summed E-state index contributed by atoms with van der Waals surface area (Å²) in [5.74, 6) is 0.266. The van der Waals surface area contributed by atoms with Gasteiger partial charge in [0.25, 0.3) is 0 Å². The molecule has 1 aromatic carbocycles. The van der Waals surface area contributed by atoms with Gasteiger partial charge in [-0.2, -0.15) is 0 Å². The first-order valence-electron chi connectivity index (χ1n) is 9.35. The third-order valence-electron chi connectivity index (χ3n) is 4.61. The number of fused-ring (bicyclic) bond motifs is 1. The molecule has 1 aliphatic heterocycles. The topological polar surface area (TPSA) is 71.5 Å². The molecule has 3 rings (SSSR count). The summed E-state index contributed by atoms with van der Waals surface area (Å²) in [5.41, 5.74) is 1.57. The van der Waals surface area contributed by atoms with Crippen LogP contribution < -0.4 is 5.32 Å². The summed E-state index contributed by atoms with van der Waals surface area (Å²) in [6.45, 7) is 8.88. The standard InChI is InChI=1S/C20H27N3O3S/c1-13-6-5-7-15-17(13)22-18(27-15)21-16(24)12-14-8-10-23(11-9-14)19(25)26-20(2,3)4/h5-7,14H,8-12H2,1-4H3,(H,21,22,24). The second-order valence-corrected chi connectivity index (χ2v) is 9.13. The van der Waals surface area contributed by atoms with Crippen LogP contribution in [-0.2, 0) is 9.53 Å². The maximum absolute atomic E-state index is 12.4. The van der Waals surface area contributed by atoms with Crippen molar-refractivity contribution >= 4 is 38.7 Å². The summed E-state index contributed by atoms with van der Waals surface area (Å²) in [6.07, 6.45) is 1.81. The molecule has 0 aliphatic carbocycles. The summed E-state index contributed by atoms with van der Waals surface area (Å²) in [7, 11) is 0. The Morgan fingerprint density at radius 3 is 2.63 bits per heavy atom. The van der Waals surface area contributed by atoms with Crippen LogP contribution in [-0.4, -0.2) is 40.6 Å². The molecule has 2 aromatic rings. The number of anilines is 1. The van der Waals surface area contributed by atoms with Crippen molar-refractivity contribution in [3.8, 4) is 0 Å². The molecule has 1 fully saturated rings. The van der Waals surface area contributed by atoms with E-state index in [1.165, 1.54) is 11.3 Å². The molecule has 0 spiro atoms. The molecule has 7 heteroatoms. The molecule has 0 unspecified atom stereocenters. The van der Waals surface area contributed by atoms with Gasteiger partial charge in [-0.3, -0.25) is 4.79 Å². The molecule has 1 N–H and O–H groups in total. The maximum atomic E-state index is 12.4. The fourth-order valence-corrected chi connectivity index (χ4v) is 4.18. The number of hydrogen-bond donors (Lipinski definition) is 1. The lowest BCUT2D eigenvalue weighted by Crippen LogP contribution is -2.42. The summed E-state index contributed by atoms with van der Waals surface area (Å²) < 4.78 is 6.49. The highest BCUT2D eigenvalue weighted by molar-refractivity contribution is 7.22. The molecule has 1 saturated heterocycles. The molecule has 0 atom stereocenters. The van der Waals surface area contributed by atoms with Gasteiger partial charge >= 0.3 is 6.09 Å². The molecule has 2 heterocycles. The number of nitrogens with zero attached hydrogens (tertiary/aromatic N) is 2. The number of piperidine rings is 1. The number of aryl methyl sites for hydroxylation is 1. The Balaban J connectivity index is 1.49. The zero-order valence-corrected chi connectivity index (χ0v) is 17.2. The minimum absolute atomic E-state index is 0.0116. The Labute approximate surface area is 163 Å². The van der Waals surface area contributed by atoms with Crippen molar-refractivity contribution in [2.75, 3.05) is 18.4 Å². The molecule has 0 saturated carbocycles. The number of hydrogen-bond acceptors (Lipinski definition) is 5. The number of ether oxygens (including phenoxy) is 1. The summed E-state index contributed by atoms with van der Waals surface area (Å²) in [5, 5.41) is 3.58. The number of nitrogens with one attached hydrogen (secondary N) is 1. The molecule has 0 bridgehead atoms. The average molecular weight is 390 g/mol. The van der Waals surface area contributed by atoms with Crippen LogP contribution in [0.1, 0.15) is 45.6 Å². The van der Waals surface area contributed by atoms with E-state index in [9.17, 15) is 9.59 Å². The van der Waals surface area contributed by atoms with E-state index in [4.69, 9.17) is 4.74 Å². The van der Waals surface area contributed by atoms with Crippen LogP contribution in [0, 0.1) is 12.8 Å². The van der Waals surface area contributed by atoms with Gasteiger partial charge in [-0.1, -0.05) is 23.5 Å².